The summed E-state index contributed by atoms with van der Waals surface area (Å²) in [6, 6.07) is 11.3. The van der Waals surface area contributed by atoms with Crippen molar-refractivity contribution in [2.24, 2.45) is 0 Å². The van der Waals surface area contributed by atoms with Gasteiger partial charge in [-0.05, 0) is 56.0 Å². The molecule has 2 aromatic carbocycles. The van der Waals surface area contributed by atoms with Crippen LogP contribution in [0.25, 0.3) is 0 Å². The summed E-state index contributed by atoms with van der Waals surface area (Å²) in [4.78, 5) is 24.9. The normalized spacial score (nSPS) is 14.8. The Hall–Kier alpha value is -2.42. The molecular formula is C21H23ClN2O5S. The topological polar surface area (TPSA) is 102 Å². The summed E-state index contributed by atoms with van der Waals surface area (Å²) in [5, 5.41) is 3.19. The van der Waals surface area contributed by atoms with Crippen molar-refractivity contribution in [2.75, 3.05) is 0 Å². The maximum absolute atomic E-state index is 12.6. The van der Waals surface area contributed by atoms with Crippen molar-refractivity contribution in [3.63, 3.8) is 0 Å². The Bertz CT molecular complexity index is 1070. The highest BCUT2D eigenvalue weighted by Gasteiger charge is 2.29. The molecule has 0 spiro atoms. The van der Waals surface area contributed by atoms with E-state index in [2.05, 4.69) is 10.0 Å². The van der Waals surface area contributed by atoms with Crippen LogP contribution in [-0.4, -0.2) is 32.4 Å². The van der Waals surface area contributed by atoms with E-state index >= 15 is 0 Å². The van der Waals surface area contributed by atoms with Crippen molar-refractivity contribution < 1.29 is 22.7 Å². The number of carbonyl (C=O) groups excluding carboxylic acids is 2. The summed E-state index contributed by atoms with van der Waals surface area (Å²) in [7, 11) is -3.71. The third-order valence-electron chi connectivity index (χ3n) is 4.70. The zero-order chi connectivity index (χ0) is 21.9. The Morgan fingerprint density at radius 1 is 1.20 bits per heavy atom. The molecule has 30 heavy (non-hydrogen) atoms. The minimum Gasteiger partial charge on any atom is -0.449 e. The number of carbonyl (C=O) groups is 2. The zero-order valence-corrected chi connectivity index (χ0v) is 18.2. The quantitative estimate of drug-likeness (QED) is 0.602. The summed E-state index contributed by atoms with van der Waals surface area (Å²) in [5.74, 6) is -1.25. The lowest BCUT2D eigenvalue weighted by Gasteiger charge is -2.15. The number of amides is 1. The minimum atomic E-state index is -3.71. The number of esters is 1. The van der Waals surface area contributed by atoms with Gasteiger partial charge in [0.2, 0.25) is 10.0 Å². The fraction of sp³-hybridized carbons (Fsp3) is 0.333. The monoisotopic (exact) mass is 450 g/mol. The standard InChI is InChI=1S/C21H23ClN2O5S/c1-13-7-10-17(30(27,28)24-16-8-9-16)11-18(13)21(26)29-14(2)20(25)23-12-15-5-3-4-6-19(15)22/h3-7,10-11,14,16,24H,8-9,12H2,1-2H3,(H,23,25). The van der Waals surface area contributed by atoms with Crippen LogP contribution in [0, 0.1) is 6.92 Å². The minimum absolute atomic E-state index is 0.0113. The molecule has 1 fully saturated rings. The molecule has 9 heteroatoms. The van der Waals surface area contributed by atoms with E-state index in [9.17, 15) is 18.0 Å². The van der Waals surface area contributed by atoms with E-state index in [-0.39, 0.29) is 23.0 Å². The molecule has 0 saturated heterocycles. The van der Waals surface area contributed by atoms with Gasteiger partial charge in [-0.15, -0.1) is 0 Å². The summed E-state index contributed by atoms with van der Waals surface area (Å²) < 4.78 is 32.6. The van der Waals surface area contributed by atoms with Crippen molar-refractivity contribution in [3.8, 4) is 0 Å². The number of sulfonamides is 1. The van der Waals surface area contributed by atoms with Gasteiger partial charge in [-0.2, -0.15) is 0 Å². The van der Waals surface area contributed by atoms with Crippen LogP contribution in [0.4, 0.5) is 0 Å². The first kappa shape index (κ1) is 22.3. The van der Waals surface area contributed by atoms with Crippen LogP contribution in [0.15, 0.2) is 47.4 Å². The number of benzene rings is 2. The maximum atomic E-state index is 12.6. The second-order valence-electron chi connectivity index (χ2n) is 7.23. The third-order valence-corrected chi connectivity index (χ3v) is 6.59. The van der Waals surface area contributed by atoms with E-state index in [1.54, 1.807) is 37.3 Å². The van der Waals surface area contributed by atoms with Gasteiger partial charge >= 0.3 is 5.97 Å². The number of nitrogens with one attached hydrogen (secondary N) is 2. The summed E-state index contributed by atoms with van der Waals surface area (Å²) in [6.45, 7) is 3.31. The van der Waals surface area contributed by atoms with Crippen LogP contribution in [0.1, 0.15) is 41.3 Å². The number of ether oxygens (including phenoxy) is 1. The molecule has 2 aromatic rings. The SMILES string of the molecule is Cc1ccc(S(=O)(=O)NC2CC2)cc1C(=O)OC(C)C(=O)NCc1ccccc1Cl. The molecule has 1 atom stereocenters. The van der Waals surface area contributed by atoms with Gasteiger partial charge in [0.15, 0.2) is 6.10 Å². The zero-order valence-electron chi connectivity index (χ0n) is 16.6. The van der Waals surface area contributed by atoms with Crippen LogP contribution in [0.2, 0.25) is 5.02 Å². The summed E-state index contributed by atoms with van der Waals surface area (Å²) in [5.41, 5.74) is 1.39. The van der Waals surface area contributed by atoms with E-state index in [0.29, 0.717) is 10.6 Å². The van der Waals surface area contributed by atoms with Crippen LogP contribution >= 0.6 is 11.6 Å². The average Bonchev–Trinajstić information content (AvgIpc) is 3.50. The van der Waals surface area contributed by atoms with Crippen molar-refractivity contribution in [3.05, 3.63) is 64.2 Å². The fourth-order valence-electron chi connectivity index (χ4n) is 2.72. The third kappa shape index (κ3) is 5.59. The maximum Gasteiger partial charge on any atom is 0.339 e. The van der Waals surface area contributed by atoms with Crippen LogP contribution in [-0.2, 0) is 26.1 Å². The Kier molecular flexibility index (Phi) is 6.80. The predicted molar refractivity (Wildman–Crippen MR) is 113 cm³/mol. The molecule has 0 heterocycles. The molecule has 0 aliphatic heterocycles. The van der Waals surface area contributed by atoms with Gasteiger partial charge in [-0.1, -0.05) is 35.9 Å². The molecule has 1 unspecified atom stereocenters. The molecule has 2 N–H and O–H groups in total. The van der Waals surface area contributed by atoms with E-state index < -0.39 is 28.0 Å². The number of hydrogen-bond donors (Lipinski definition) is 2. The summed E-state index contributed by atoms with van der Waals surface area (Å²) in [6.07, 6.45) is 0.547. The second-order valence-corrected chi connectivity index (χ2v) is 9.35. The van der Waals surface area contributed by atoms with Gasteiger partial charge in [-0.25, -0.2) is 17.9 Å². The van der Waals surface area contributed by atoms with Crippen molar-refractivity contribution in [2.45, 2.75) is 50.3 Å². The van der Waals surface area contributed by atoms with E-state index in [0.717, 1.165) is 18.4 Å². The molecular weight excluding hydrogens is 428 g/mol. The number of halogens is 1. The highest BCUT2D eigenvalue weighted by molar-refractivity contribution is 7.89. The first-order valence-electron chi connectivity index (χ1n) is 9.52. The Labute approximate surface area is 180 Å². The van der Waals surface area contributed by atoms with Gasteiger partial charge in [0, 0.05) is 17.6 Å². The molecule has 1 aliphatic rings. The molecule has 0 aromatic heterocycles. The molecule has 1 saturated carbocycles. The van der Waals surface area contributed by atoms with Crippen molar-refractivity contribution >= 4 is 33.5 Å². The van der Waals surface area contributed by atoms with Gasteiger partial charge < -0.3 is 10.1 Å². The smallest absolute Gasteiger partial charge is 0.339 e. The Morgan fingerprint density at radius 3 is 2.57 bits per heavy atom. The Morgan fingerprint density at radius 2 is 1.90 bits per heavy atom. The number of hydrogen-bond acceptors (Lipinski definition) is 5. The Balaban J connectivity index is 1.65. The fourth-order valence-corrected chi connectivity index (χ4v) is 4.26. The molecule has 160 valence electrons. The predicted octanol–water partition coefficient (Wildman–Crippen LogP) is 2.95. The number of aryl methyl sites for hydroxylation is 1. The lowest BCUT2D eigenvalue weighted by atomic mass is 10.1. The van der Waals surface area contributed by atoms with E-state index in [1.165, 1.54) is 19.1 Å². The molecule has 3 rings (SSSR count). The van der Waals surface area contributed by atoms with Crippen LogP contribution in [0.3, 0.4) is 0 Å². The lowest BCUT2D eigenvalue weighted by molar-refractivity contribution is -0.129. The molecule has 0 radical (unpaired) electrons. The van der Waals surface area contributed by atoms with E-state index in [1.807, 2.05) is 0 Å². The van der Waals surface area contributed by atoms with E-state index in [4.69, 9.17) is 16.3 Å². The van der Waals surface area contributed by atoms with Gasteiger partial charge in [-0.3, -0.25) is 4.79 Å². The largest absolute Gasteiger partial charge is 0.449 e. The molecule has 0 bridgehead atoms. The van der Waals surface area contributed by atoms with Crippen molar-refractivity contribution in [1.29, 1.82) is 0 Å². The van der Waals surface area contributed by atoms with Crippen LogP contribution in [0.5, 0.6) is 0 Å². The average molecular weight is 451 g/mol. The molecule has 1 aliphatic carbocycles. The lowest BCUT2D eigenvalue weighted by Crippen LogP contribution is -2.35. The second kappa shape index (κ2) is 9.16. The first-order chi connectivity index (χ1) is 14.2. The molecule has 7 nitrogen and oxygen atoms in total. The summed E-state index contributed by atoms with van der Waals surface area (Å²) >= 11 is 6.07. The highest BCUT2D eigenvalue weighted by Crippen LogP contribution is 2.23. The van der Waals surface area contributed by atoms with Crippen LogP contribution < -0.4 is 10.0 Å². The van der Waals surface area contributed by atoms with Gasteiger partial charge in [0.05, 0.1) is 10.5 Å². The van der Waals surface area contributed by atoms with Gasteiger partial charge in [0.1, 0.15) is 0 Å². The van der Waals surface area contributed by atoms with Gasteiger partial charge in [0.25, 0.3) is 5.91 Å². The number of rotatable bonds is 8. The highest BCUT2D eigenvalue weighted by atomic mass is 35.5. The molecule has 1 amide bonds. The van der Waals surface area contributed by atoms with Crippen molar-refractivity contribution in [1.82, 2.24) is 10.0 Å². The first-order valence-corrected chi connectivity index (χ1v) is 11.4.